The fourth-order valence-electron chi connectivity index (χ4n) is 2.65. The Morgan fingerprint density at radius 3 is 2.25 bits per heavy atom. The summed E-state index contributed by atoms with van der Waals surface area (Å²) < 4.78 is 10.5. The molecule has 4 nitrogen and oxygen atoms in total. The van der Waals surface area contributed by atoms with Crippen LogP contribution in [0.3, 0.4) is 0 Å². The summed E-state index contributed by atoms with van der Waals surface area (Å²) >= 11 is 0. The Labute approximate surface area is 143 Å². The van der Waals surface area contributed by atoms with Crippen molar-refractivity contribution in [3.63, 3.8) is 0 Å². The molecule has 2 aromatic carbocycles. The number of rotatable bonds is 7. The highest BCUT2D eigenvalue weighted by atomic mass is 16.5. The van der Waals surface area contributed by atoms with Gasteiger partial charge in [0.25, 0.3) is 5.91 Å². The Balaban J connectivity index is 2.21. The Kier molecular flexibility index (Phi) is 6.24. The molecule has 0 spiro atoms. The second-order valence-corrected chi connectivity index (χ2v) is 6.14. The van der Waals surface area contributed by atoms with Crippen LogP contribution >= 0.6 is 0 Å². The first kappa shape index (κ1) is 17.9. The summed E-state index contributed by atoms with van der Waals surface area (Å²) in [6.45, 7) is 4.30. The van der Waals surface area contributed by atoms with E-state index >= 15 is 0 Å². The lowest BCUT2D eigenvalue weighted by Gasteiger charge is -2.21. The summed E-state index contributed by atoms with van der Waals surface area (Å²) in [6.07, 6.45) is 0.878. The standard InChI is InChI=1S/C20H25NO3/c1-14(2)12-17(15-8-6-5-7-9-15)21-20(22)16-10-11-18(23-3)19(13-16)24-4/h5-11,13-14,17H,12H2,1-4H3,(H,21,22)/t17-/m0/s1. The third-order valence-electron chi connectivity index (χ3n) is 3.86. The largest absolute Gasteiger partial charge is 0.493 e. The van der Waals surface area contributed by atoms with Gasteiger partial charge in [-0.1, -0.05) is 44.2 Å². The number of carbonyl (C=O) groups is 1. The zero-order chi connectivity index (χ0) is 17.5. The van der Waals surface area contributed by atoms with Crippen molar-refractivity contribution in [2.75, 3.05) is 14.2 Å². The molecule has 0 heterocycles. The first-order chi connectivity index (χ1) is 11.5. The minimum Gasteiger partial charge on any atom is -0.493 e. The van der Waals surface area contributed by atoms with Crippen LogP contribution in [-0.4, -0.2) is 20.1 Å². The van der Waals surface area contributed by atoms with Crippen LogP contribution in [0.5, 0.6) is 11.5 Å². The zero-order valence-corrected chi connectivity index (χ0v) is 14.7. The first-order valence-electron chi connectivity index (χ1n) is 8.13. The Morgan fingerprint density at radius 2 is 1.67 bits per heavy atom. The molecule has 2 aromatic rings. The van der Waals surface area contributed by atoms with E-state index in [0.29, 0.717) is 23.0 Å². The lowest BCUT2D eigenvalue weighted by Crippen LogP contribution is -2.29. The van der Waals surface area contributed by atoms with Crippen LogP contribution in [0, 0.1) is 5.92 Å². The third kappa shape index (κ3) is 4.51. The van der Waals surface area contributed by atoms with Crippen LogP contribution in [0.1, 0.15) is 42.2 Å². The summed E-state index contributed by atoms with van der Waals surface area (Å²) in [6, 6.07) is 15.2. The first-order valence-corrected chi connectivity index (χ1v) is 8.13. The van der Waals surface area contributed by atoms with Crippen molar-refractivity contribution in [2.45, 2.75) is 26.3 Å². The molecule has 0 radical (unpaired) electrons. The highest BCUT2D eigenvalue weighted by Crippen LogP contribution is 2.28. The summed E-state index contributed by atoms with van der Waals surface area (Å²) in [7, 11) is 3.14. The fourth-order valence-corrected chi connectivity index (χ4v) is 2.65. The molecule has 2 rings (SSSR count). The van der Waals surface area contributed by atoms with Gasteiger partial charge in [-0.2, -0.15) is 0 Å². The summed E-state index contributed by atoms with van der Waals surface area (Å²) in [4.78, 5) is 12.7. The average Bonchev–Trinajstić information content (AvgIpc) is 2.60. The van der Waals surface area contributed by atoms with Crippen molar-refractivity contribution < 1.29 is 14.3 Å². The van der Waals surface area contributed by atoms with Crippen LogP contribution in [0.25, 0.3) is 0 Å². The van der Waals surface area contributed by atoms with Gasteiger partial charge >= 0.3 is 0 Å². The molecule has 24 heavy (non-hydrogen) atoms. The van der Waals surface area contributed by atoms with Gasteiger partial charge in [-0.05, 0) is 36.1 Å². The van der Waals surface area contributed by atoms with Crippen molar-refractivity contribution in [2.24, 2.45) is 5.92 Å². The number of carbonyl (C=O) groups excluding carboxylic acids is 1. The van der Waals surface area contributed by atoms with E-state index in [0.717, 1.165) is 12.0 Å². The van der Waals surface area contributed by atoms with E-state index in [2.05, 4.69) is 19.2 Å². The number of ether oxygens (including phenoxy) is 2. The van der Waals surface area contributed by atoms with Crippen LogP contribution in [0.4, 0.5) is 0 Å². The van der Waals surface area contributed by atoms with E-state index < -0.39 is 0 Å². The second kappa shape index (κ2) is 8.39. The van der Waals surface area contributed by atoms with Crippen molar-refractivity contribution in [1.29, 1.82) is 0 Å². The van der Waals surface area contributed by atoms with Gasteiger partial charge in [0.05, 0.1) is 20.3 Å². The van der Waals surface area contributed by atoms with E-state index in [1.54, 1.807) is 32.4 Å². The predicted octanol–water partition coefficient (Wildman–Crippen LogP) is 4.22. The SMILES string of the molecule is COc1ccc(C(=O)N[C@@H](CC(C)C)c2ccccc2)cc1OC. The minimum atomic E-state index is -0.120. The van der Waals surface area contributed by atoms with Gasteiger partial charge in [0, 0.05) is 5.56 Å². The number of amides is 1. The molecule has 0 bridgehead atoms. The third-order valence-corrected chi connectivity index (χ3v) is 3.86. The normalized spacial score (nSPS) is 11.9. The van der Waals surface area contributed by atoms with E-state index in [4.69, 9.17) is 9.47 Å². The van der Waals surface area contributed by atoms with Gasteiger partial charge in [-0.3, -0.25) is 4.79 Å². The molecule has 0 saturated heterocycles. The summed E-state index contributed by atoms with van der Waals surface area (Å²) in [5.74, 6) is 1.51. The Morgan fingerprint density at radius 1 is 1.00 bits per heavy atom. The second-order valence-electron chi connectivity index (χ2n) is 6.14. The van der Waals surface area contributed by atoms with Crippen molar-refractivity contribution in [3.05, 3.63) is 59.7 Å². The number of nitrogens with one attached hydrogen (secondary N) is 1. The maximum atomic E-state index is 12.7. The maximum absolute atomic E-state index is 12.7. The molecule has 4 heteroatoms. The van der Waals surface area contributed by atoms with Gasteiger partial charge in [0.2, 0.25) is 0 Å². The van der Waals surface area contributed by atoms with E-state index in [1.165, 1.54) is 0 Å². The predicted molar refractivity (Wildman–Crippen MR) is 95.7 cm³/mol. The summed E-state index contributed by atoms with van der Waals surface area (Å²) in [5, 5.41) is 3.13. The fraction of sp³-hybridized carbons (Fsp3) is 0.350. The molecule has 0 saturated carbocycles. The quantitative estimate of drug-likeness (QED) is 0.828. The number of benzene rings is 2. The van der Waals surface area contributed by atoms with Crippen molar-refractivity contribution in [1.82, 2.24) is 5.32 Å². The number of hydrogen-bond donors (Lipinski definition) is 1. The highest BCUT2D eigenvalue weighted by Gasteiger charge is 2.18. The van der Waals surface area contributed by atoms with Crippen molar-refractivity contribution in [3.8, 4) is 11.5 Å². The lowest BCUT2D eigenvalue weighted by molar-refractivity contribution is 0.0931. The Hall–Kier alpha value is -2.49. The maximum Gasteiger partial charge on any atom is 0.251 e. The molecule has 0 unspecified atom stereocenters. The van der Waals surface area contributed by atoms with Crippen LogP contribution in [0.2, 0.25) is 0 Å². The molecule has 1 atom stereocenters. The lowest BCUT2D eigenvalue weighted by atomic mass is 9.96. The van der Waals surface area contributed by atoms with Gasteiger partial charge in [-0.25, -0.2) is 0 Å². The van der Waals surface area contributed by atoms with E-state index in [9.17, 15) is 4.79 Å². The van der Waals surface area contributed by atoms with E-state index in [-0.39, 0.29) is 11.9 Å². The van der Waals surface area contributed by atoms with Gasteiger partial charge in [0.15, 0.2) is 11.5 Å². The molecule has 128 valence electrons. The van der Waals surface area contributed by atoms with Crippen LogP contribution < -0.4 is 14.8 Å². The molecule has 1 N–H and O–H groups in total. The molecule has 0 fully saturated rings. The molecule has 1 amide bonds. The molecule has 0 aliphatic heterocycles. The molecular weight excluding hydrogens is 302 g/mol. The zero-order valence-electron chi connectivity index (χ0n) is 14.7. The summed E-state index contributed by atoms with van der Waals surface area (Å²) in [5.41, 5.74) is 1.66. The smallest absolute Gasteiger partial charge is 0.251 e. The monoisotopic (exact) mass is 327 g/mol. The number of hydrogen-bond acceptors (Lipinski definition) is 3. The van der Waals surface area contributed by atoms with Crippen LogP contribution in [-0.2, 0) is 0 Å². The molecule has 0 aromatic heterocycles. The van der Waals surface area contributed by atoms with Gasteiger partial charge in [0.1, 0.15) is 0 Å². The average molecular weight is 327 g/mol. The minimum absolute atomic E-state index is 0.0215. The van der Waals surface area contributed by atoms with Crippen LogP contribution in [0.15, 0.2) is 48.5 Å². The van der Waals surface area contributed by atoms with Crippen molar-refractivity contribution >= 4 is 5.91 Å². The highest BCUT2D eigenvalue weighted by molar-refractivity contribution is 5.95. The Bertz CT molecular complexity index is 668. The number of methoxy groups -OCH3 is 2. The topological polar surface area (TPSA) is 47.6 Å². The van der Waals surface area contributed by atoms with E-state index in [1.807, 2.05) is 30.3 Å². The molecular formula is C20H25NO3. The van der Waals surface area contributed by atoms with Gasteiger partial charge in [-0.15, -0.1) is 0 Å². The molecule has 0 aliphatic carbocycles. The van der Waals surface area contributed by atoms with Gasteiger partial charge < -0.3 is 14.8 Å². The molecule has 0 aliphatic rings.